The number of hydrogen-bond donors (Lipinski definition) is 2. The molecule has 3 aromatic rings. The second-order valence-electron chi connectivity index (χ2n) is 5.21. The lowest BCUT2D eigenvalue weighted by Gasteiger charge is -2.11. The van der Waals surface area contributed by atoms with Crippen LogP contribution in [0.1, 0.15) is 17.3 Å². The average Bonchev–Trinajstić information content (AvgIpc) is 2.63. The standard InChI is InChI=1S/C19H17N3O3/c1-2-25-16-9-4-3-8-15(16)18-20-11-10-17(22-18)21-14-7-5-6-13(12-14)19(23)24/h3-12H,2H2,1H3,(H,23,24)(H,20,21,22). The van der Waals surface area contributed by atoms with E-state index in [1.54, 1.807) is 30.5 Å². The predicted octanol–water partition coefficient (Wildman–Crippen LogP) is 3.98. The summed E-state index contributed by atoms with van der Waals surface area (Å²) in [6, 6.07) is 15.8. The van der Waals surface area contributed by atoms with Crippen LogP contribution in [-0.2, 0) is 0 Å². The van der Waals surface area contributed by atoms with E-state index in [1.807, 2.05) is 31.2 Å². The van der Waals surface area contributed by atoms with Crippen molar-refractivity contribution in [2.24, 2.45) is 0 Å². The van der Waals surface area contributed by atoms with Gasteiger partial charge in [0.25, 0.3) is 0 Å². The van der Waals surface area contributed by atoms with E-state index in [0.29, 0.717) is 23.9 Å². The van der Waals surface area contributed by atoms with Gasteiger partial charge < -0.3 is 15.2 Å². The molecule has 2 N–H and O–H groups in total. The fourth-order valence-electron chi connectivity index (χ4n) is 2.37. The van der Waals surface area contributed by atoms with E-state index in [9.17, 15) is 4.79 Å². The van der Waals surface area contributed by atoms with Gasteiger partial charge in [-0.1, -0.05) is 18.2 Å². The number of nitrogens with zero attached hydrogens (tertiary/aromatic N) is 2. The molecule has 6 nitrogen and oxygen atoms in total. The summed E-state index contributed by atoms with van der Waals surface area (Å²) in [5, 5.41) is 12.2. The van der Waals surface area contributed by atoms with Crippen LogP contribution in [0.2, 0.25) is 0 Å². The molecule has 3 rings (SSSR count). The van der Waals surface area contributed by atoms with E-state index in [4.69, 9.17) is 9.84 Å². The highest BCUT2D eigenvalue weighted by Gasteiger charge is 2.10. The van der Waals surface area contributed by atoms with Gasteiger partial charge in [-0.15, -0.1) is 0 Å². The molecule has 0 amide bonds. The number of anilines is 2. The molecular formula is C19H17N3O3. The summed E-state index contributed by atoms with van der Waals surface area (Å²) >= 11 is 0. The Labute approximate surface area is 145 Å². The third kappa shape index (κ3) is 3.92. The van der Waals surface area contributed by atoms with Crippen molar-refractivity contribution in [3.63, 3.8) is 0 Å². The number of benzene rings is 2. The number of nitrogens with one attached hydrogen (secondary N) is 1. The molecule has 0 spiro atoms. The number of ether oxygens (including phenoxy) is 1. The van der Waals surface area contributed by atoms with Crippen LogP contribution in [0.25, 0.3) is 11.4 Å². The lowest BCUT2D eigenvalue weighted by atomic mass is 10.2. The van der Waals surface area contributed by atoms with E-state index in [2.05, 4.69) is 15.3 Å². The first kappa shape index (κ1) is 16.4. The second-order valence-corrected chi connectivity index (χ2v) is 5.21. The highest BCUT2D eigenvalue weighted by atomic mass is 16.5. The Morgan fingerprint density at radius 3 is 2.80 bits per heavy atom. The number of hydrogen-bond acceptors (Lipinski definition) is 5. The SMILES string of the molecule is CCOc1ccccc1-c1nccc(Nc2cccc(C(=O)O)c2)n1. The minimum Gasteiger partial charge on any atom is -0.493 e. The zero-order chi connectivity index (χ0) is 17.6. The van der Waals surface area contributed by atoms with Crippen molar-refractivity contribution in [3.8, 4) is 17.1 Å². The molecule has 0 aliphatic heterocycles. The van der Waals surface area contributed by atoms with E-state index in [0.717, 1.165) is 11.3 Å². The molecule has 0 aliphatic rings. The van der Waals surface area contributed by atoms with Gasteiger partial charge in [0.2, 0.25) is 0 Å². The van der Waals surface area contributed by atoms with Crippen LogP contribution in [0.3, 0.4) is 0 Å². The molecule has 0 saturated heterocycles. The molecule has 0 fully saturated rings. The Balaban J connectivity index is 1.90. The first-order valence-corrected chi connectivity index (χ1v) is 7.83. The summed E-state index contributed by atoms with van der Waals surface area (Å²) in [5.74, 6) is 0.843. The summed E-state index contributed by atoms with van der Waals surface area (Å²) in [5.41, 5.74) is 1.65. The van der Waals surface area contributed by atoms with Crippen LogP contribution in [0.5, 0.6) is 5.75 Å². The monoisotopic (exact) mass is 335 g/mol. The predicted molar refractivity (Wildman–Crippen MR) is 95.3 cm³/mol. The van der Waals surface area contributed by atoms with Crippen LogP contribution in [0.15, 0.2) is 60.8 Å². The molecule has 126 valence electrons. The lowest BCUT2D eigenvalue weighted by Crippen LogP contribution is -2.01. The first-order valence-electron chi connectivity index (χ1n) is 7.83. The number of aromatic nitrogens is 2. The number of rotatable bonds is 6. The van der Waals surface area contributed by atoms with Gasteiger partial charge >= 0.3 is 5.97 Å². The van der Waals surface area contributed by atoms with Gasteiger partial charge in [0.15, 0.2) is 5.82 Å². The smallest absolute Gasteiger partial charge is 0.335 e. The molecule has 0 atom stereocenters. The largest absolute Gasteiger partial charge is 0.493 e. The van der Waals surface area contributed by atoms with E-state index >= 15 is 0 Å². The molecule has 0 bridgehead atoms. The highest BCUT2D eigenvalue weighted by Crippen LogP contribution is 2.28. The Hall–Kier alpha value is -3.41. The van der Waals surface area contributed by atoms with Crippen LogP contribution < -0.4 is 10.1 Å². The third-order valence-corrected chi connectivity index (χ3v) is 3.47. The van der Waals surface area contributed by atoms with Gasteiger partial charge in [-0.25, -0.2) is 14.8 Å². The summed E-state index contributed by atoms with van der Waals surface area (Å²) in [7, 11) is 0. The van der Waals surface area contributed by atoms with Crippen molar-refractivity contribution >= 4 is 17.5 Å². The quantitative estimate of drug-likeness (QED) is 0.709. The van der Waals surface area contributed by atoms with Crippen LogP contribution in [0, 0.1) is 0 Å². The van der Waals surface area contributed by atoms with E-state index < -0.39 is 5.97 Å². The molecule has 0 saturated carbocycles. The van der Waals surface area contributed by atoms with E-state index in [1.165, 1.54) is 6.07 Å². The van der Waals surface area contributed by atoms with Crippen LogP contribution in [-0.4, -0.2) is 27.7 Å². The van der Waals surface area contributed by atoms with Crippen molar-refractivity contribution in [1.82, 2.24) is 9.97 Å². The van der Waals surface area contributed by atoms with Crippen LogP contribution >= 0.6 is 0 Å². The van der Waals surface area contributed by atoms with Crippen LogP contribution in [0.4, 0.5) is 11.5 Å². The second kappa shape index (κ2) is 7.44. The molecule has 25 heavy (non-hydrogen) atoms. The maximum atomic E-state index is 11.1. The Morgan fingerprint density at radius 2 is 2.00 bits per heavy atom. The third-order valence-electron chi connectivity index (χ3n) is 3.47. The maximum absolute atomic E-state index is 11.1. The molecule has 0 aliphatic carbocycles. The first-order chi connectivity index (χ1) is 12.2. The van der Waals surface area contributed by atoms with Crippen molar-refractivity contribution in [2.75, 3.05) is 11.9 Å². The zero-order valence-electron chi connectivity index (χ0n) is 13.6. The minimum absolute atomic E-state index is 0.209. The lowest BCUT2D eigenvalue weighted by molar-refractivity contribution is 0.0697. The molecule has 1 heterocycles. The van der Waals surface area contributed by atoms with Crippen molar-refractivity contribution in [1.29, 1.82) is 0 Å². The van der Waals surface area contributed by atoms with Gasteiger partial charge in [-0.05, 0) is 43.3 Å². The molecule has 1 aromatic heterocycles. The minimum atomic E-state index is -0.974. The Kier molecular flexibility index (Phi) is 4.89. The average molecular weight is 335 g/mol. The number of aromatic carboxylic acids is 1. The number of para-hydroxylation sites is 1. The number of carbonyl (C=O) groups is 1. The van der Waals surface area contributed by atoms with Crippen molar-refractivity contribution in [3.05, 3.63) is 66.4 Å². The summed E-state index contributed by atoms with van der Waals surface area (Å²) < 4.78 is 5.63. The topological polar surface area (TPSA) is 84.3 Å². The fraction of sp³-hybridized carbons (Fsp3) is 0.105. The molecule has 2 aromatic carbocycles. The highest BCUT2D eigenvalue weighted by molar-refractivity contribution is 5.89. The molecular weight excluding hydrogens is 318 g/mol. The zero-order valence-corrected chi connectivity index (χ0v) is 13.6. The molecule has 6 heteroatoms. The molecule has 0 unspecified atom stereocenters. The summed E-state index contributed by atoms with van der Waals surface area (Å²) in [6.45, 7) is 2.47. The summed E-state index contributed by atoms with van der Waals surface area (Å²) in [4.78, 5) is 19.9. The maximum Gasteiger partial charge on any atom is 0.335 e. The Morgan fingerprint density at radius 1 is 1.16 bits per heavy atom. The van der Waals surface area contributed by atoms with Gasteiger partial charge in [-0.3, -0.25) is 0 Å². The number of carboxylic acids is 1. The van der Waals surface area contributed by atoms with Gasteiger partial charge in [0.1, 0.15) is 11.6 Å². The summed E-state index contributed by atoms with van der Waals surface area (Å²) in [6.07, 6.45) is 1.65. The van der Waals surface area contributed by atoms with Gasteiger partial charge in [0, 0.05) is 11.9 Å². The molecule has 0 radical (unpaired) electrons. The van der Waals surface area contributed by atoms with Crippen molar-refractivity contribution in [2.45, 2.75) is 6.92 Å². The normalized spacial score (nSPS) is 10.3. The van der Waals surface area contributed by atoms with E-state index in [-0.39, 0.29) is 5.56 Å². The van der Waals surface area contributed by atoms with Gasteiger partial charge in [-0.2, -0.15) is 0 Å². The fourth-order valence-corrected chi connectivity index (χ4v) is 2.37. The van der Waals surface area contributed by atoms with Gasteiger partial charge in [0.05, 0.1) is 17.7 Å². The Bertz CT molecular complexity index is 896. The van der Waals surface area contributed by atoms with Crippen molar-refractivity contribution < 1.29 is 14.6 Å². The number of carboxylic acid groups (broad SMARTS) is 1.